The standard InChI is InChI=1S/C22H24N4O/c1-16(17-7-5-4-6-8-17)24-22(27)18-13-20(15-23-14-18)25-19-9-11-21(12-10-19)26(2)3/h4-16,25H,1-3H3,(H,24,27). The van der Waals surface area contributed by atoms with E-state index in [9.17, 15) is 4.79 Å². The minimum absolute atomic E-state index is 0.0751. The maximum atomic E-state index is 12.6. The Bertz CT molecular complexity index is 892. The fourth-order valence-electron chi connectivity index (χ4n) is 2.75. The zero-order chi connectivity index (χ0) is 19.2. The third-order valence-corrected chi connectivity index (χ3v) is 4.32. The van der Waals surface area contributed by atoms with Gasteiger partial charge in [-0.3, -0.25) is 9.78 Å². The van der Waals surface area contributed by atoms with Crippen LogP contribution in [0.3, 0.4) is 0 Å². The normalized spacial score (nSPS) is 11.5. The number of benzene rings is 2. The predicted molar refractivity (Wildman–Crippen MR) is 111 cm³/mol. The molecule has 0 aliphatic heterocycles. The first-order valence-electron chi connectivity index (χ1n) is 8.88. The van der Waals surface area contributed by atoms with E-state index >= 15 is 0 Å². The van der Waals surface area contributed by atoms with Crippen molar-refractivity contribution >= 4 is 23.0 Å². The Morgan fingerprint density at radius 3 is 2.33 bits per heavy atom. The topological polar surface area (TPSA) is 57.3 Å². The van der Waals surface area contributed by atoms with E-state index in [0.29, 0.717) is 5.56 Å². The van der Waals surface area contributed by atoms with E-state index in [2.05, 4.69) is 15.6 Å². The van der Waals surface area contributed by atoms with Crippen molar-refractivity contribution in [2.24, 2.45) is 0 Å². The molecule has 0 radical (unpaired) electrons. The monoisotopic (exact) mass is 360 g/mol. The van der Waals surface area contributed by atoms with Gasteiger partial charge in [0.25, 0.3) is 5.91 Å². The van der Waals surface area contributed by atoms with Crippen LogP contribution < -0.4 is 15.5 Å². The summed E-state index contributed by atoms with van der Waals surface area (Å²) < 4.78 is 0. The van der Waals surface area contributed by atoms with Gasteiger partial charge in [0.15, 0.2) is 0 Å². The summed E-state index contributed by atoms with van der Waals surface area (Å²) in [6, 6.07) is 19.7. The Morgan fingerprint density at radius 2 is 1.67 bits per heavy atom. The van der Waals surface area contributed by atoms with Gasteiger partial charge in [-0.25, -0.2) is 0 Å². The third kappa shape index (κ3) is 4.85. The largest absolute Gasteiger partial charge is 0.378 e. The quantitative estimate of drug-likeness (QED) is 0.685. The van der Waals surface area contributed by atoms with E-state index in [1.807, 2.05) is 80.5 Å². The van der Waals surface area contributed by atoms with Crippen molar-refractivity contribution in [1.82, 2.24) is 10.3 Å². The Hall–Kier alpha value is -3.34. The van der Waals surface area contributed by atoms with Gasteiger partial charge < -0.3 is 15.5 Å². The van der Waals surface area contributed by atoms with Crippen molar-refractivity contribution in [3.8, 4) is 0 Å². The molecule has 0 aliphatic carbocycles. The average Bonchev–Trinajstić information content (AvgIpc) is 2.69. The van der Waals surface area contributed by atoms with Crippen LogP contribution in [-0.2, 0) is 0 Å². The highest BCUT2D eigenvalue weighted by Crippen LogP contribution is 2.20. The van der Waals surface area contributed by atoms with Gasteiger partial charge in [-0.05, 0) is 42.8 Å². The summed E-state index contributed by atoms with van der Waals surface area (Å²) in [5.41, 5.74) is 4.42. The first-order valence-corrected chi connectivity index (χ1v) is 8.88. The number of nitrogens with one attached hydrogen (secondary N) is 2. The molecule has 1 amide bonds. The summed E-state index contributed by atoms with van der Waals surface area (Å²) in [5, 5.41) is 6.30. The highest BCUT2D eigenvalue weighted by Gasteiger charge is 2.12. The number of carbonyl (C=O) groups is 1. The molecule has 0 fully saturated rings. The molecule has 0 aliphatic rings. The number of amides is 1. The molecule has 1 heterocycles. The molecular weight excluding hydrogens is 336 g/mol. The van der Waals surface area contributed by atoms with E-state index in [1.165, 1.54) is 0 Å². The van der Waals surface area contributed by atoms with Crippen LogP contribution >= 0.6 is 0 Å². The minimum Gasteiger partial charge on any atom is -0.378 e. The van der Waals surface area contributed by atoms with E-state index in [0.717, 1.165) is 22.6 Å². The smallest absolute Gasteiger partial charge is 0.253 e. The van der Waals surface area contributed by atoms with Crippen LogP contribution in [0.5, 0.6) is 0 Å². The van der Waals surface area contributed by atoms with Gasteiger partial charge in [-0.15, -0.1) is 0 Å². The number of aromatic nitrogens is 1. The Balaban J connectivity index is 1.68. The van der Waals surface area contributed by atoms with E-state index in [-0.39, 0.29) is 11.9 Å². The summed E-state index contributed by atoms with van der Waals surface area (Å²) in [5.74, 6) is -0.148. The van der Waals surface area contributed by atoms with Crippen molar-refractivity contribution in [2.45, 2.75) is 13.0 Å². The van der Waals surface area contributed by atoms with Crippen LogP contribution in [0.4, 0.5) is 17.1 Å². The first-order chi connectivity index (χ1) is 13.0. The lowest BCUT2D eigenvalue weighted by Crippen LogP contribution is -2.26. The second-order valence-electron chi connectivity index (χ2n) is 6.63. The summed E-state index contributed by atoms with van der Waals surface area (Å²) in [4.78, 5) is 18.8. The van der Waals surface area contributed by atoms with Crippen LogP contribution in [-0.4, -0.2) is 25.0 Å². The molecule has 2 aromatic carbocycles. The molecule has 0 bridgehead atoms. The molecule has 27 heavy (non-hydrogen) atoms. The van der Waals surface area contributed by atoms with Gasteiger partial charge >= 0.3 is 0 Å². The summed E-state index contributed by atoms with van der Waals surface area (Å²) in [7, 11) is 4.01. The number of rotatable bonds is 6. The average molecular weight is 360 g/mol. The lowest BCUT2D eigenvalue weighted by Gasteiger charge is -2.15. The second-order valence-corrected chi connectivity index (χ2v) is 6.63. The van der Waals surface area contributed by atoms with Gasteiger partial charge in [0.2, 0.25) is 0 Å². The van der Waals surface area contributed by atoms with Crippen molar-refractivity contribution in [3.05, 3.63) is 84.2 Å². The van der Waals surface area contributed by atoms with E-state index in [4.69, 9.17) is 0 Å². The van der Waals surface area contributed by atoms with Crippen molar-refractivity contribution in [1.29, 1.82) is 0 Å². The van der Waals surface area contributed by atoms with Crippen molar-refractivity contribution < 1.29 is 4.79 Å². The number of hydrogen-bond donors (Lipinski definition) is 2. The predicted octanol–water partition coefficient (Wildman–Crippen LogP) is 4.38. The molecule has 5 heteroatoms. The molecule has 5 nitrogen and oxygen atoms in total. The van der Waals surface area contributed by atoms with Crippen molar-refractivity contribution in [3.63, 3.8) is 0 Å². The van der Waals surface area contributed by atoms with Crippen molar-refractivity contribution in [2.75, 3.05) is 24.3 Å². The van der Waals surface area contributed by atoms with Gasteiger partial charge in [0.1, 0.15) is 0 Å². The number of nitrogens with zero attached hydrogens (tertiary/aromatic N) is 2. The highest BCUT2D eigenvalue weighted by atomic mass is 16.1. The summed E-state index contributed by atoms with van der Waals surface area (Å²) >= 11 is 0. The fourth-order valence-corrected chi connectivity index (χ4v) is 2.75. The van der Waals surface area contributed by atoms with Crippen LogP contribution in [0.15, 0.2) is 73.1 Å². The minimum atomic E-state index is -0.148. The maximum absolute atomic E-state index is 12.6. The zero-order valence-electron chi connectivity index (χ0n) is 15.8. The number of hydrogen-bond acceptors (Lipinski definition) is 4. The molecule has 3 rings (SSSR count). The zero-order valence-corrected chi connectivity index (χ0v) is 15.8. The summed E-state index contributed by atoms with van der Waals surface area (Å²) in [6.07, 6.45) is 3.28. The molecule has 1 aromatic heterocycles. The molecule has 0 saturated heterocycles. The number of pyridine rings is 1. The number of anilines is 3. The van der Waals surface area contributed by atoms with E-state index < -0.39 is 0 Å². The van der Waals surface area contributed by atoms with Crippen LogP contribution in [0.25, 0.3) is 0 Å². The molecule has 2 N–H and O–H groups in total. The van der Waals surface area contributed by atoms with Crippen LogP contribution in [0.1, 0.15) is 28.9 Å². The second kappa shape index (κ2) is 8.36. The lowest BCUT2D eigenvalue weighted by molar-refractivity contribution is 0.0939. The fraction of sp³-hybridized carbons (Fsp3) is 0.182. The molecule has 0 saturated carbocycles. The molecular formula is C22H24N4O. The third-order valence-electron chi connectivity index (χ3n) is 4.32. The first kappa shape index (κ1) is 18.5. The summed E-state index contributed by atoms with van der Waals surface area (Å²) in [6.45, 7) is 1.97. The Kier molecular flexibility index (Phi) is 5.71. The van der Waals surface area contributed by atoms with Gasteiger partial charge in [0.05, 0.1) is 23.5 Å². The molecule has 3 aromatic rings. The molecule has 1 unspecified atom stereocenters. The van der Waals surface area contributed by atoms with Gasteiger partial charge in [0, 0.05) is 31.7 Å². The van der Waals surface area contributed by atoms with Crippen LogP contribution in [0.2, 0.25) is 0 Å². The maximum Gasteiger partial charge on any atom is 0.253 e. The SMILES string of the molecule is CC(NC(=O)c1cncc(Nc2ccc(N(C)C)cc2)c1)c1ccccc1. The van der Waals surface area contributed by atoms with Gasteiger partial charge in [-0.2, -0.15) is 0 Å². The van der Waals surface area contributed by atoms with Gasteiger partial charge in [-0.1, -0.05) is 30.3 Å². The molecule has 0 spiro atoms. The Morgan fingerprint density at radius 1 is 0.963 bits per heavy atom. The lowest BCUT2D eigenvalue weighted by atomic mass is 10.1. The molecule has 138 valence electrons. The van der Waals surface area contributed by atoms with E-state index in [1.54, 1.807) is 18.5 Å². The molecule has 1 atom stereocenters. The highest BCUT2D eigenvalue weighted by molar-refractivity contribution is 5.95. The van der Waals surface area contributed by atoms with Crippen LogP contribution in [0, 0.1) is 0 Å². The number of carbonyl (C=O) groups excluding carboxylic acids is 1. The Labute approximate surface area is 160 Å².